The van der Waals surface area contributed by atoms with Crippen LogP contribution in [0.15, 0.2) is 42.6 Å². The zero-order valence-corrected chi connectivity index (χ0v) is 12.1. The molecule has 0 saturated heterocycles. The molecule has 22 heavy (non-hydrogen) atoms. The molecule has 0 aliphatic heterocycles. The molecule has 0 radical (unpaired) electrons. The maximum atomic E-state index is 6.06. The SMILES string of the molecule is Cc1ccccc1-c1cc2nc(N)nc(N)c2c2cc[nH]c12. The Morgan fingerprint density at radius 3 is 2.64 bits per heavy atom. The van der Waals surface area contributed by atoms with Gasteiger partial charge in [0.1, 0.15) is 5.82 Å². The summed E-state index contributed by atoms with van der Waals surface area (Å²) in [6, 6.07) is 12.3. The maximum absolute atomic E-state index is 6.06. The lowest BCUT2D eigenvalue weighted by Gasteiger charge is -2.11. The number of hydrogen-bond acceptors (Lipinski definition) is 4. The number of hydrogen-bond donors (Lipinski definition) is 3. The van der Waals surface area contributed by atoms with E-state index in [-0.39, 0.29) is 5.95 Å². The third-order valence-corrected chi connectivity index (χ3v) is 3.98. The number of benzene rings is 2. The Morgan fingerprint density at radius 2 is 1.82 bits per heavy atom. The van der Waals surface area contributed by atoms with Crippen molar-refractivity contribution in [2.24, 2.45) is 0 Å². The molecule has 5 heteroatoms. The number of nitrogens with one attached hydrogen (secondary N) is 1. The van der Waals surface area contributed by atoms with Gasteiger partial charge in [-0.05, 0) is 30.2 Å². The van der Waals surface area contributed by atoms with Crippen LogP contribution in [0.4, 0.5) is 11.8 Å². The summed E-state index contributed by atoms with van der Waals surface area (Å²) in [6.07, 6.45) is 1.90. The lowest BCUT2D eigenvalue weighted by atomic mass is 9.97. The lowest BCUT2D eigenvalue weighted by Crippen LogP contribution is -2.01. The van der Waals surface area contributed by atoms with Gasteiger partial charge in [0.25, 0.3) is 0 Å². The highest BCUT2D eigenvalue weighted by Gasteiger charge is 2.14. The second-order valence-electron chi connectivity index (χ2n) is 5.37. The van der Waals surface area contributed by atoms with Crippen molar-refractivity contribution in [1.29, 1.82) is 0 Å². The summed E-state index contributed by atoms with van der Waals surface area (Å²) in [4.78, 5) is 11.7. The Balaban J connectivity index is 2.19. The summed E-state index contributed by atoms with van der Waals surface area (Å²) in [6.45, 7) is 2.09. The number of anilines is 2. The van der Waals surface area contributed by atoms with E-state index in [1.54, 1.807) is 0 Å². The number of H-pyrrole nitrogens is 1. The van der Waals surface area contributed by atoms with E-state index in [0.29, 0.717) is 5.82 Å². The molecule has 4 aromatic rings. The fourth-order valence-electron chi connectivity index (χ4n) is 2.99. The Bertz CT molecular complexity index is 1020. The van der Waals surface area contributed by atoms with Crippen molar-refractivity contribution in [2.45, 2.75) is 6.92 Å². The van der Waals surface area contributed by atoms with Crippen LogP contribution in [-0.4, -0.2) is 15.0 Å². The number of fused-ring (bicyclic) bond motifs is 3. The molecule has 0 amide bonds. The number of aromatic nitrogens is 3. The number of nitrogens with zero attached hydrogens (tertiary/aromatic N) is 2. The molecule has 2 aromatic carbocycles. The van der Waals surface area contributed by atoms with Gasteiger partial charge in [-0.3, -0.25) is 0 Å². The van der Waals surface area contributed by atoms with Crippen molar-refractivity contribution in [3.05, 3.63) is 48.2 Å². The quantitative estimate of drug-likeness (QED) is 0.501. The van der Waals surface area contributed by atoms with Crippen LogP contribution in [0.5, 0.6) is 0 Å². The predicted molar refractivity (Wildman–Crippen MR) is 90.4 cm³/mol. The molecule has 2 heterocycles. The van der Waals surface area contributed by atoms with Crippen LogP contribution in [0.3, 0.4) is 0 Å². The molecule has 0 bridgehead atoms. The molecule has 0 saturated carbocycles. The second-order valence-corrected chi connectivity index (χ2v) is 5.37. The van der Waals surface area contributed by atoms with Crippen LogP contribution in [0.2, 0.25) is 0 Å². The van der Waals surface area contributed by atoms with Crippen molar-refractivity contribution in [3.63, 3.8) is 0 Å². The maximum Gasteiger partial charge on any atom is 0.222 e. The van der Waals surface area contributed by atoms with Crippen LogP contribution in [0, 0.1) is 6.92 Å². The Morgan fingerprint density at radius 1 is 1.00 bits per heavy atom. The van der Waals surface area contributed by atoms with Crippen LogP contribution in [0.25, 0.3) is 32.9 Å². The molecular formula is C17H15N5. The molecule has 108 valence electrons. The van der Waals surface area contributed by atoms with Crippen molar-refractivity contribution in [2.75, 3.05) is 11.5 Å². The summed E-state index contributed by atoms with van der Waals surface area (Å²) in [5.41, 5.74) is 17.0. The fraction of sp³-hybridized carbons (Fsp3) is 0.0588. The predicted octanol–water partition coefficient (Wildman–Crippen LogP) is 3.25. The summed E-state index contributed by atoms with van der Waals surface area (Å²) in [5, 5.41) is 1.84. The first kappa shape index (κ1) is 12.6. The van der Waals surface area contributed by atoms with E-state index in [1.165, 1.54) is 5.56 Å². The minimum atomic E-state index is 0.190. The first-order valence-corrected chi connectivity index (χ1v) is 7.04. The average molecular weight is 289 g/mol. The summed E-state index contributed by atoms with van der Waals surface area (Å²) < 4.78 is 0. The number of aryl methyl sites for hydroxylation is 1. The molecular weight excluding hydrogens is 274 g/mol. The molecule has 5 N–H and O–H groups in total. The first-order valence-electron chi connectivity index (χ1n) is 7.04. The molecule has 0 aliphatic carbocycles. The number of nitrogens with two attached hydrogens (primary N) is 2. The summed E-state index contributed by atoms with van der Waals surface area (Å²) >= 11 is 0. The Kier molecular flexibility index (Phi) is 2.56. The molecule has 0 atom stereocenters. The molecule has 0 fully saturated rings. The summed E-state index contributed by atoms with van der Waals surface area (Å²) in [7, 11) is 0. The third-order valence-electron chi connectivity index (χ3n) is 3.98. The normalized spacial score (nSPS) is 11.3. The minimum Gasteiger partial charge on any atom is -0.383 e. The fourth-order valence-corrected chi connectivity index (χ4v) is 2.99. The van der Waals surface area contributed by atoms with Crippen molar-refractivity contribution >= 4 is 33.6 Å². The van der Waals surface area contributed by atoms with Crippen LogP contribution in [0.1, 0.15) is 5.56 Å². The smallest absolute Gasteiger partial charge is 0.222 e. The van der Waals surface area contributed by atoms with Gasteiger partial charge in [-0.25, -0.2) is 4.98 Å². The molecule has 0 aliphatic rings. The van der Waals surface area contributed by atoms with Gasteiger partial charge in [0.15, 0.2) is 0 Å². The Hall–Kier alpha value is -3.08. The molecule has 5 nitrogen and oxygen atoms in total. The largest absolute Gasteiger partial charge is 0.383 e. The standard InChI is InChI=1S/C17H15N5/c1-9-4-2-3-5-10(9)12-8-13-14(11-6-7-20-15(11)12)16(18)22-17(19)21-13/h2-8,20H,1H3,(H4,18,19,21,22). The first-order chi connectivity index (χ1) is 10.6. The second kappa shape index (κ2) is 4.46. The third kappa shape index (κ3) is 1.72. The average Bonchev–Trinajstić information content (AvgIpc) is 2.95. The highest BCUT2D eigenvalue weighted by atomic mass is 15.0. The van der Waals surface area contributed by atoms with Gasteiger partial charge < -0.3 is 16.5 Å². The van der Waals surface area contributed by atoms with Crippen LogP contribution < -0.4 is 11.5 Å². The van der Waals surface area contributed by atoms with Crippen LogP contribution >= 0.6 is 0 Å². The van der Waals surface area contributed by atoms with Crippen molar-refractivity contribution < 1.29 is 0 Å². The van der Waals surface area contributed by atoms with E-state index >= 15 is 0 Å². The topological polar surface area (TPSA) is 93.6 Å². The van der Waals surface area contributed by atoms with E-state index in [2.05, 4.69) is 34.0 Å². The number of nitrogen functional groups attached to an aromatic ring is 2. The highest BCUT2D eigenvalue weighted by molar-refractivity contribution is 6.15. The van der Waals surface area contributed by atoms with Gasteiger partial charge >= 0.3 is 0 Å². The number of aromatic amines is 1. The monoisotopic (exact) mass is 289 g/mol. The van der Waals surface area contributed by atoms with Crippen molar-refractivity contribution in [1.82, 2.24) is 15.0 Å². The van der Waals surface area contributed by atoms with E-state index in [4.69, 9.17) is 11.5 Å². The van der Waals surface area contributed by atoms with E-state index in [0.717, 1.165) is 32.9 Å². The lowest BCUT2D eigenvalue weighted by molar-refractivity contribution is 1.25. The number of rotatable bonds is 1. The Labute approximate surface area is 127 Å². The zero-order chi connectivity index (χ0) is 15.3. The molecule has 0 unspecified atom stereocenters. The van der Waals surface area contributed by atoms with Gasteiger partial charge in [-0.15, -0.1) is 0 Å². The summed E-state index contributed by atoms with van der Waals surface area (Å²) in [5.74, 6) is 0.596. The van der Waals surface area contributed by atoms with Crippen LogP contribution in [-0.2, 0) is 0 Å². The van der Waals surface area contributed by atoms with Gasteiger partial charge in [-0.1, -0.05) is 24.3 Å². The highest BCUT2D eigenvalue weighted by Crippen LogP contribution is 2.36. The molecule has 2 aromatic heterocycles. The van der Waals surface area contributed by atoms with Gasteiger partial charge in [0.05, 0.1) is 16.4 Å². The van der Waals surface area contributed by atoms with E-state index < -0.39 is 0 Å². The van der Waals surface area contributed by atoms with Crippen molar-refractivity contribution in [3.8, 4) is 11.1 Å². The van der Waals surface area contributed by atoms with Gasteiger partial charge in [0, 0.05) is 17.1 Å². The zero-order valence-electron chi connectivity index (χ0n) is 12.1. The molecule has 0 spiro atoms. The van der Waals surface area contributed by atoms with Gasteiger partial charge in [0.2, 0.25) is 5.95 Å². The van der Waals surface area contributed by atoms with Gasteiger partial charge in [-0.2, -0.15) is 4.98 Å². The molecule has 4 rings (SSSR count). The van der Waals surface area contributed by atoms with E-state index in [9.17, 15) is 0 Å². The minimum absolute atomic E-state index is 0.190. The van der Waals surface area contributed by atoms with E-state index in [1.807, 2.05) is 30.5 Å².